The normalized spacial score (nSPS) is 11.3. The predicted molar refractivity (Wildman–Crippen MR) is 119 cm³/mol. The second kappa shape index (κ2) is 8.70. The number of hydrogen-bond acceptors (Lipinski definition) is 4. The van der Waals surface area contributed by atoms with Gasteiger partial charge in [0, 0.05) is 22.5 Å². The first-order chi connectivity index (χ1) is 16.1. The van der Waals surface area contributed by atoms with Gasteiger partial charge in [0.1, 0.15) is 0 Å². The SMILES string of the molecule is O=C(Nc1cccc(C(F)(F)F)c1)c1cccc(NC(=O)c2ccc3[nH]c(=O)c(=O)[nH]c3c2)c1. The van der Waals surface area contributed by atoms with Gasteiger partial charge in [0.2, 0.25) is 0 Å². The number of aromatic nitrogens is 2. The molecule has 4 aromatic rings. The van der Waals surface area contributed by atoms with Gasteiger partial charge in [-0.1, -0.05) is 12.1 Å². The van der Waals surface area contributed by atoms with Gasteiger partial charge in [-0.15, -0.1) is 0 Å². The Labute approximate surface area is 188 Å². The molecule has 3 aromatic carbocycles. The first kappa shape index (κ1) is 22.5. The van der Waals surface area contributed by atoms with Gasteiger partial charge in [-0.3, -0.25) is 19.2 Å². The van der Waals surface area contributed by atoms with E-state index in [2.05, 4.69) is 20.6 Å². The van der Waals surface area contributed by atoms with E-state index < -0.39 is 34.7 Å². The highest BCUT2D eigenvalue weighted by molar-refractivity contribution is 6.08. The summed E-state index contributed by atoms with van der Waals surface area (Å²) in [5.41, 5.74) is -1.46. The monoisotopic (exact) mass is 468 g/mol. The summed E-state index contributed by atoms with van der Waals surface area (Å²) in [6.45, 7) is 0. The second-order valence-corrected chi connectivity index (χ2v) is 7.24. The first-order valence-electron chi connectivity index (χ1n) is 9.76. The molecule has 1 aromatic heterocycles. The largest absolute Gasteiger partial charge is 0.416 e. The molecule has 0 unspecified atom stereocenters. The van der Waals surface area contributed by atoms with Crippen LogP contribution in [0.4, 0.5) is 24.5 Å². The Bertz CT molecular complexity index is 1540. The van der Waals surface area contributed by atoms with Gasteiger partial charge < -0.3 is 20.6 Å². The summed E-state index contributed by atoms with van der Waals surface area (Å²) in [7, 11) is 0. The average molecular weight is 468 g/mol. The van der Waals surface area contributed by atoms with E-state index in [0.717, 1.165) is 12.1 Å². The number of carbonyl (C=O) groups excluding carboxylic acids is 2. The lowest BCUT2D eigenvalue weighted by Gasteiger charge is -2.11. The number of carbonyl (C=O) groups is 2. The standard InChI is InChI=1S/C23H15F3N4O4/c24-23(25,26)14-4-2-6-16(11-14)28-19(31)12-3-1-5-15(9-12)27-20(32)13-7-8-17-18(10-13)30-22(34)21(33)29-17/h1-11H,(H,27,32)(H,28,31)(H,29,33)(H,30,34). The Balaban J connectivity index is 1.51. The summed E-state index contributed by atoms with van der Waals surface area (Å²) in [5.74, 6) is -1.22. The molecule has 0 bridgehead atoms. The lowest BCUT2D eigenvalue weighted by atomic mass is 10.1. The highest BCUT2D eigenvalue weighted by Gasteiger charge is 2.30. The maximum absolute atomic E-state index is 12.9. The van der Waals surface area contributed by atoms with E-state index in [1.165, 1.54) is 54.6 Å². The van der Waals surface area contributed by atoms with E-state index in [0.29, 0.717) is 5.52 Å². The van der Waals surface area contributed by atoms with Crippen molar-refractivity contribution >= 4 is 34.2 Å². The Kier molecular flexibility index (Phi) is 5.76. The molecule has 8 nitrogen and oxygen atoms in total. The molecule has 4 N–H and O–H groups in total. The number of aromatic amines is 2. The van der Waals surface area contributed by atoms with Gasteiger partial charge >= 0.3 is 17.3 Å². The van der Waals surface area contributed by atoms with Crippen molar-refractivity contribution in [2.24, 2.45) is 0 Å². The molecule has 0 aliphatic rings. The smallest absolute Gasteiger partial charge is 0.322 e. The molecule has 0 saturated heterocycles. The van der Waals surface area contributed by atoms with Gasteiger partial charge in [0.25, 0.3) is 11.8 Å². The zero-order valence-electron chi connectivity index (χ0n) is 17.1. The maximum Gasteiger partial charge on any atom is 0.416 e. The summed E-state index contributed by atoms with van der Waals surface area (Å²) in [6, 6.07) is 14.3. The van der Waals surface area contributed by atoms with Crippen molar-refractivity contribution in [3.05, 3.63) is 104 Å². The van der Waals surface area contributed by atoms with E-state index in [-0.39, 0.29) is 28.0 Å². The number of amides is 2. The highest BCUT2D eigenvalue weighted by atomic mass is 19.4. The van der Waals surface area contributed by atoms with Crippen molar-refractivity contribution in [3.8, 4) is 0 Å². The Morgan fingerprint density at radius 2 is 1.24 bits per heavy atom. The topological polar surface area (TPSA) is 124 Å². The highest BCUT2D eigenvalue weighted by Crippen LogP contribution is 2.30. The molecule has 0 aliphatic heterocycles. The number of halogens is 3. The molecule has 0 radical (unpaired) electrons. The van der Waals surface area contributed by atoms with E-state index >= 15 is 0 Å². The van der Waals surface area contributed by atoms with Gasteiger partial charge in [-0.05, 0) is 54.6 Å². The van der Waals surface area contributed by atoms with E-state index in [4.69, 9.17) is 0 Å². The van der Waals surface area contributed by atoms with Crippen molar-refractivity contribution < 1.29 is 22.8 Å². The fourth-order valence-corrected chi connectivity index (χ4v) is 3.17. The van der Waals surface area contributed by atoms with E-state index in [1.807, 2.05) is 0 Å². The molecule has 2 amide bonds. The molecule has 0 fully saturated rings. The lowest BCUT2D eigenvalue weighted by molar-refractivity contribution is -0.137. The van der Waals surface area contributed by atoms with E-state index in [9.17, 15) is 32.3 Å². The zero-order chi connectivity index (χ0) is 24.5. The average Bonchev–Trinajstić information content (AvgIpc) is 2.79. The molecule has 0 atom stereocenters. The van der Waals surface area contributed by atoms with E-state index in [1.54, 1.807) is 0 Å². The van der Waals surface area contributed by atoms with Gasteiger partial charge in [0.05, 0.1) is 16.6 Å². The molecule has 0 aliphatic carbocycles. The third kappa shape index (κ3) is 4.88. The summed E-state index contributed by atoms with van der Waals surface area (Å²) in [5, 5.41) is 5.00. The fourth-order valence-electron chi connectivity index (χ4n) is 3.17. The van der Waals surface area contributed by atoms with Crippen molar-refractivity contribution in [2.45, 2.75) is 6.18 Å². The van der Waals surface area contributed by atoms with Crippen LogP contribution in [0.3, 0.4) is 0 Å². The Morgan fingerprint density at radius 1 is 0.676 bits per heavy atom. The van der Waals surface area contributed by atoms with Gasteiger partial charge in [-0.25, -0.2) is 0 Å². The number of H-pyrrole nitrogens is 2. The van der Waals surface area contributed by atoms with Crippen molar-refractivity contribution in [3.63, 3.8) is 0 Å². The number of rotatable bonds is 4. The zero-order valence-corrected chi connectivity index (χ0v) is 17.1. The molecule has 172 valence electrons. The van der Waals surface area contributed by atoms with Crippen LogP contribution < -0.4 is 21.8 Å². The number of alkyl halides is 3. The van der Waals surface area contributed by atoms with Gasteiger partial charge in [0.15, 0.2) is 0 Å². The molecular weight excluding hydrogens is 453 g/mol. The molecule has 34 heavy (non-hydrogen) atoms. The number of nitrogens with one attached hydrogen (secondary N) is 4. The summed E-state index contributed by atoms with van der Waals surface area (Å²) in [4.78, 5) is 52.8. The summed E-state index contributed by atoms with van der Waals surface area (Å²) < 4.78 is 38.6. The fraction of sp³-hybridized carbons (Fsp3) is 0.0435. The molecule has 4 rings (SSSR count). The number of hydrogen-bond donors (Lipinski definition) is 4. The van der Waals surface area contributed by atoms with Gasteiger partial charge in [-0.2, -0.15) is 13.2 Å². The van der Waals surface area contributed by atoms with Crippen molar-refractivity contribution in [1.29, 1.82) is 0 Å². The number of anilines is 2. The quantitative estimate of drug-likeness (QED) is 0.341. The third-order valence-electron chi connectivity index (χ3n) is 4.81. The van der Waals surface area contributed by atoms with Crippen LogP contribution in [-0.4, -0.2) is 21.8 Å². The van der Waals surface area contributed by atoms with Crippen molar-refractivity contribution in [1.82, 2.24) is 9.97 Å². The molecule has 11 heteroatoms. The molecule has 1 heterocycles. The Hall–Kier alpha value is -4.67. The van der Waals surface area contributed by atoms with Crippen LogP contribution >= 0.6 is 0 Å². The van der Waals surface area contributed by atoms with Crippen LogP contribution in [0.1, 0.15) is 26.3 Å². The maximum atomic E-state index is 12.9. The lowest BCUT2D eigenvalue weighted by Crippen LogP contribution is -2.29. The second-order valence-electron chi connectivity index (χ2n) is 7.24. The minimum absolute atomic E-state index is 0.0301. The molecule has 0 saturated carbocycles. The minimum atomic E-state index is -4.55. The van der Waals surface area contributed by atoms with Crippen LogP contribution in [0, 0.1) is 0 Å². The number of fused-ring (bicyclic) bond motifs is 1. The number of benzene rings is 3. The van der Waals surface area contributed by atoms with Crippen LogP contribution in [0.5, 0.6) is 0 Å². The first-order valence-corrected chi connectivity index (χ1v) is 9.76. The van der Waals surface area contributed by atoms with Crippen LogP contribution in [-0.2, 0) is 6.18 Å². The van der Waals surface area contributed by atoms with Crippen molar-refractivity contribution in [2.75, 3.05) is 10.6 Å². The van der Waals surface area contributed by atoms with Crippen LogP contribution in [0.2, 0.25) is 0 Å². The molecule has 0 spiro atoms. The van der Waals surface area contributed by atoms with Crippen LogP contribution in [0.25, 0.3) is 11.0 Å². The Morgan fingerprint density at radius 3 is 1.88 bits per heavy atom. The minimum Gasteiger partial charge on any atom is -0.322 e. The predicted octanol–water partition coefficient (Wildman–Crippen LogP) is 3.74. The summed E-state index contributed by atoms with van der Waals surface area (Å²) >= 11 is 0. The molecular formula is C23H15F3N4O4. The third-order valence-corrected chi connectivity index (χ3v) is 4.81. The van der Waals surface area contributed by atoms with Crippen LogP contribution in [0.15, 0.2) is 76.3 Å². The summed E-state index contributed by atoms with van der Waals surface area (Å²) in [6.07, 6.45) is -4.55.